The van der Waals surface area contributed by atoms with Gasteiger partial charge in [-0.1, -0.05) is 49.6 Å². The fourth-order valence-corrected chi connectivity index (χ4v) is 6.04. The summed E-state index contributed by atoms with van der Waals surface area (Å²) < 4.78 is 5.39. The molecule has 2 fully saturated rings. The highest BCUT2D eigenvalue weighted by Gasteiger charge is 2.47. The molecule has 0 bridgehead atoms. The lowest BCUT2D eigenvalue weighted by molar-refractivity contribution is -0.135. The molecule has 5 heteroatoms. The second kappa shape index (κ2) is 9.58. The molecule has 2 aromatic rings. The smallest absolute Gasteiger partial charge is 0.254 e. The van der Waals surface area contributed by atoms with Crippen LogP contribution in [0, 0.1) is 0 Å². The number of fused-ring (bicyclic) bond motifs is 1. The molecule has 5 nitrogen and oxygen atoms in total. The van der Waals surface area contributed by atoms with Gasteiger partial charge in [-0.15, -0.1) is 0 Å². The van der Waals surface area contributed by atoms with E-state index in [1.54, 1.807) is 7.11 Å². The Bertz CT molecular complexity index is 990. The van der Waals surface area contributed by atoms with Crippen LogP contribution in [0.3, 0.4) is 0 Å². The third-order valence-electron chi connectivity index (χ3n) is 7.74. The Morgan fingerprint density at radius 3 is 2.24 bits per heavy atom. The van der Waals surface area contributed by atoms with Crippen molar-refractivity contribution in [2.75, 3.05) is 20.2 Å². The van der Waals surface area contributed by atoms with Crippen molar-refractivity contribution in [3.63, 3.8) is 0 Å². The number of methoxy groups -OCH3 is 1. The number of amides is 2. The monoisotopic (exact) mass is 446 g/mol. The summed E-state index contributed by atoms with van der Waals surface area (Å²) in [4.78, 5) is 32.2. The number of nitrogens with zero attached hydrogens (tertiary/aromatic N) is 2. The summed E-state index contributed by atoms with van der Waals surface area (Å²) in [5.74, 6) is 0.633. The zero-order valence-electron chi connectivity index (χ0n) is 19.5. The van der Waals surface area contributed by atoms with Gasteiger partial charge in [0.2, 0.25) is 5.91 Å². The lowest BCUT2D eigenvalue weighted by Gasteiger charge is -2.48. The molecule has 0 radical (unpaired) electrons. The number of hydrogen-bond acceptors (Lipinski definition) is 3. The van der Waals surface area contributed by atoms with Gasteiger partial charge in [-0.25, -0.2) is 0 Å². The number of piperidine rings is 1. The highest BCUT2D eigenvalue weighted by molar-refractivity contribution is 6.01. The molecule has 1 saturated heterocycles. The summed E-state index contributed by atoms with van der Waals surface area (Å²) in [5, 5.41) is 0. The Labute approximate surface area is 196 Å². The Balaban J connectivity index is 1.64. The van der Waals surface area contributed by atoms with Crippen LogP contribution in [0.1, 0.15) is 84.8 Å². The van der Waals surface area contributed by atoms with Crippen molar-refractivity contribution in [2.24, 2.45) is 0 Å². The van der Waals surface area contributed by atoms with Gasteiger partial charge < -0.3 is 14.5 Å². The molecule has 0 aromatic heterocycles. The van der Waals surface area contributed by atoms with E-state index in [4.69, 9.17) is 4.74 Å². The molecule has 0 N–H and O–H groups in total. The zero-order chi connectivity index (χ0) is 22.8. The van der Waals surface area contributed by atoms with Crippen molar-refractivity contribution in [3.05, 3.63) is 65.2 Å². The van der Waals surface area contributed by atoms with E-state index in [0.717, 1.165) is 68.5 Å². The number of likely N-dealkylation sites (tertiary alicyclic amines) is 1. The van der Waals surface area contributed by atoms with Gasteiger partial charge in [0.15, 0.2) is 0 Å². The molecule has 33 heavy (non-hydrogen) atoms. The molecule has 2 amide bonds. The van der Waals surface area contributed by atoms with Crippen LogP contribution >= 0.6 is 0 Å². The van der Waals surface area contributed by atoms with Crippen molar-refractivity contribution in [1.82, 2.24) is 9.80 Å². The van der Waals surface area contributed by atoms with Gasteiger partial charge in [-0.3, -0.25) is 9.59 Å². The molecule has 1 aliphatic carbocycles. The maximum atomic E-state index is 14.1. The lowest BCUT2D eigenvalue weighted by atomic mass is 9.76. The molecule has 2 atom stereocenters. The molecular weight excluding hydrogens is 412 g/mol. The highest BCUT2D eigenvalue weighted by Crippen LogP contribution is 2.46. The Hall–Kier alpha value is -2.82. The van der Waals surface area contributed by atoms with Gasteiger partial charge in [-0.2, -0.15) is 0 Å². The fourth-order valence-electron chi connectivity index (χ4n) is 6.04. The van der Waals surface area contributed by atoms with E-state index in [-0.39, 0.29) is 29.8 Å². The van der Waals surface area contributed by atoms with Crippen LogP contribution in [0.25, 0.3) is 0 Å². The maximum Gasteiger partial charge on any atom is 0.254 e. The third-order valence-corrected chi connectivity index (χ3v) is 7.74. The standard InChI is InChI=1S/C28H34N2O3/c1-33-22-16-14-20(15-17-22)26-25(28(32)29-18-8-3-9-19-29)23-12-6-7-13-24(23)27(31)30(26)21-10-4-2-5-11-21/h6-7,12-17,21,25-26H,2-5,8-11,18-19H2,1H3/t25-,26+/m0/s1. The SMILES string of the molecule is COc1ccc([C@@H]2[C@@H](C(=O)N3CCCCC3)c3ccccc3C(=O)N2C2CCCCC2)cc1. The van der Waals surface area contributed by atoms with Gasteiger partial charge in [0, 0.05) is 24.7 Å². The average Bonchev–Trinajstić information content (AvgIpc) is 2.89. The van der Waals surface area contributed by atoms with Gasteiger partial charge in [0.25, 0.3) is 5.91 Å². The quantitative estimate of drug-likeness (QED) is 0.639. The summed E-state index contributed by atoms with van der Waals surface area (Å²) in [6, 6.07) is 15.6. The van der Waals surface area contributed by atoms with Crippen LogP contribution in [-0.4, -0.2) is 47.9 Å². The lowest BCUT2D eigenvalue weighted by Crippen LogP contribution is -2.53. The molecule has 1 saturated carbocycles. The summed E-state index contributed by atoms with van der Waals surface area (Å²) in [5.41, 5.74) is 2.59. The van der Waals surface area contributed by atoms with Gasteiger partial charge in [-0.05, 0) is 61.4 Å². The van der Waals surface area contributed by atoms with E-state index < -0.39 is 0 Å². The van der Waals surface area contributed by atoms with Crippen molar-refractivity contribution in [1.29, 1.82) is 0 Å². The minimum atomic E-state index is -0.382. The van der Waals surface area contributed by atoms with Crippen molar-refractivity contribution >= 4 is 11.8 Å². The average molecular weight is 447 g/mol. The summed E-state index contributed by atoms with van der Waals surface area (Å²) in [7, 11) is 1.66. The maximum absolute atomic E-state index is 14.1. The molecule has 2 aliphatic heterocycles. The Morgan fingerprint density at radius 1 is 0.879 bits per heavy atom. The predicted molar refractivity (Wildman–Crippen MR) is 128 cm³/mol. The third kappa shape index (κ3) is 4.14. The Kier molecular flexibility index (Phi) is 6.39. The number of benzene rings is 2. The Morgan fingerprint density at radius 2 is 1.55 bits per heavy atom. The van der Waals surface area contributed by atoms with Crippen LogP contribution in [0.2, 0.25) is 0 Å². The molecular formula is C28H34N2O3. The molecule has 0 spiro atoms. The molecule has 2 aromatic carbocycles. The first-order valence-corrected chi connectivity index (χ1v) is 12.5. The normalized spacial score (nSPS) is 23.8. The van der Waals surface area contributed by atoms with Crippen molar-refractivity contribution in [3.8, 4) is 5.75 Å². The topological polar surface area (TPSA) is 49.9 Å². The van der Waals surface area contributed by atoms with E-state index in [9.17, 15) is 9.59 Å². The van der Waals surface area contributed by atoms with Gasteiger partial charge >= 0.3 is 0 Å². The van der Waals surface area contributed by atoms with Crippen LogP contribution in [-0.2, 0) is 4.79 Å². The van der Waals surface area contributed by atoms with Crippen LogP contribution in [0.5, 0.6) is 5.75 Å². The minimum absolute atomic E-state index is 0.0704. The molecule has 5 rings (SSSR count). The number of hydrogen-bond donors (Lipinski definition) is 0. The highest BCUT2D eigenvalue weighted by atomic mass is 16.5. The van der Waals surface area contributed by atoms with Crippen LogP contribution in [0.15, 0.2) is 48.5 Å². The summed E-state index contributed by atoms with van der Waals surface area (Å²) in [6.45, 7) is 1.62. The number of rotatable bonds is 4. The van der Waals surface area contributed by atoms with Gasteiger partial charge in [0.05, 0.1) is 19.1 Å². The van der Waals surface area contributed by atoms with Gasteiger partial charge in [0.1, 0.15) is 5.75 Å². The molecule has 3 aliphatic rings. The molecule has 2 heterocycles. The van der Waals surface area contributed by atoms with E-state index in [1.807, 2.05) is 53.4 Å². The predicted octanol–water partition coefficient (Wildman–Crippen LogP) is 5.32. The van der Waals surface area contributed by atoms with Crippen molar-refractivity contribution < 1.29 is 14.3 Å². The first-order valence-electron chi connectivity index (χ1n) is 12.5. The van der Waals surface area contributed by atoms with E-state index in [0.29, 0.717) is 5.56 Å². The molecule has 174 valence electrons. The summed E-state index contributed by atoms with van der Waals surface area (Å²) >= 11 is 0. The van der Waals surface area contributed by atoms with Crippen molar-refractivity contribution in [2.45, 2.75) is 69.4 Å². The largest absolute Gasteiger partial charge is 0.497 e. The number of carbonyl (C=O) groups is 2. The fraction of sp³-hybridized carbons (Fsp3) is 0.500. The van der Waals surface area contributed by atoms with E-state index >= 15 is 0 Å². The first-order chi connectivity index (χ1) is 16.2. The second-order valence-electron chi connectivity index (χ2n) is 9.67. The first kappa shape index (κ1) is 22.0. The van der Waals surface area contributed by atoms with E-state index in [1.165, 1.54) is 12.8 Å². The zero-order valence-corrected chi connectivity index (χ0v) is 19.5. The summed E-state index contributed by atoms with van der Waals surface area (Å²) in [6.07, 6.45) is 8.79. The second-order valence-corrected chi connectivity index (χ2v) is 9.67. The minimum Gasteiger partial charge on any atom is -0.497 e. The van der Waals surface area contributed by atoms with Crippen LogP contribution in [0.4, 0.5) is 0 Å². The molecule has 0 unspecified atom stereocenters. The van der Waals surface area contributed by atoms with E-state index in [2.05, 4.69) is 4.90 Å². The number of carbonyl (C=O) groups excluding carboxylic acids is 2. The van der Waals surface area contributed by atoms with Crippen LogP contribution < -0.4 is 4.74 Å². The number of ether oxygens (including phenoxy) is 1.